The Kier molecular flexibility index (Phi) is 5.11. The molecule has 0 saturated carbocycles. The number of hydrogen-bond acceptors (Lipinski definition) is 4. The zero-order chi connectivity index (χ0) is 14.0. The van der Waals surface area contributed by atoms with Gasteiger partial charge in [-0.3, -0.25) is 4.98 Å². The third-order valence-corrected chi connectivity index (χ3v) is 5.04. The standard InChI is InChI=1S/C13H15Br2N3S/c1-4-10-7(2)19-13(18-10)12(16-3)11-9(15)5-8(14)6-17-11/h5-6,12,16H,4H2,1-3H3. The lowest BCUT2D eigenvalue weighted by Gasteiger charge is -2.14. The summed E-state index contributed by atoms with van der Waals surface area (Å²) in [5.41, 5.74) is 2.13. The molecule has 0 aromatic carbocycles. The summed E-state index contributed by atoms with van der Waals surface area (Å²) in [6, 6.07) is 2.03. The van der Waals surface area contributed by atoms with Crippen LogP contribution in [0.1, 0.15) is 34.2 Å². The first-order valence-electron chi connectivity index (χ1n) is 6.01. The van der Waals surface area contributed by atoms with E-state index in [9.17, 15) is 0 Å². The van der Waals surface area contributed by atoms with Gasteiger partial charge in [0, 0.05) is 20.0 Å². The van der Waals surface area contributed by atoms with Gasteiger partial charge in [-0.25, -0.2) is 4.98 Å². The lowest BCUT2D eigenvalue weighted by molar-refractivity contribution is 0.660. The molecule has 0 spiro atoms. The molecule has 0 aliphatic carbocycles. The topological polar surface area (TPSA) is 37.8 Å². The predicted octanol–water partition coefficient (Wildman–Crippen LogP) is 4.24. The average Bonchev–Trinajstić information content (AvgIpc) is 2.74. The highest BCUT2D eigenvalue weighted by molar-refractivity contribution is 9.11. The van der Waals surface area contributed by atoms with Crippen molar-refractivity contribution >= 4 is 43.2 Å². The van der Waals surface area contributed by atoms with Crippen LogP contribution in [-0.2, 0) is 6.42 Å². The van der Waals surface area contributed by atoms with Crippen molar-refractivity contribution in [1.29, 1.82) is 0 Å². The van der Waals surface area contributed by atoms with Gasteiger partial charge in [0.15, 0.2) is 0 Å². The molecule has 0 saturated heterocycles. The zero-order valence-electron chi connectivity index (χ0n) is 11.0. The molecule has 0 bridgehead atoms. The van der Waals surface area contributed by atoms with E-state index in [4.69, 9.17) is 4.98 Å². The molecule has 102 valence electrons. The Morgan fingerprint density at radius 3 is 2.68 bits per heavy atom. The Morgan fingerprint density at radius 1 is 1.42 bits per heavy atom. The summed E-state index contributed by atoms with van der Waals surface area (Å²) in [5.74, 6) is 0. The Morgan fingerprint density at radius 2 is 2.16 bits per heavy atom. The molecule has 1 N–H and O–H groups in total. The highest BCUT2D eigenvalue weighted by Crippen LogP contribution is 2.32. The van der Waals surface area contributed by atoms with Crippen molar-refractivity contribution in [3.05, 3.63) is 42.5 Å². The third-order valence-electron chi connectivity index (χ3n) is 2.89. The largest absolute Gasteiger partial charge is 0.306 e. The smallest absolute Gasteiger partial charge is 0.116 e. The molecule has 0 amide bonds. The minimum absolute atomic E-state index is 0.0199. The zero-order valence-corrected chi connectivity index (χ0v) is 15.0. The van der Waals surface area contributed by atoms with Crippen molar-refractivity contribution in [2.45, 2.75) is 26.3 Å². The molecule has 0 aliphatic rings. The van der Waals surface area contributed by atoms with Gasteiger partial charge >= 0.3 is 0 Å². The van der Waals surface area contributed by atoms with E-state index in [0.717, 1.165) is 26.1 Å². The number of pyridine rings is 1. The SMILES string of the molecule is CCc1nc(C(NC)c2ncc(Br)cc2Br)sc1C. The molecule has 1 atom stereocenters. The summed E-state index contributed by atoms with van der Waals surface area (Å²) < 4.78 is 1.94. The second-order valence-corrected chi connectivity index (χ2v) is 7.16. The molecule has 3 nitrogen and oxygen atoms in total. The third kappa shape index (κ3) is 3.24. The monoisotopic (exact) mass is 403 g/mol. The van der Waals surface area contributed by atoms with Crippen LogP contribution in [0.3, 0.4) is 0 Å². The molecule has 0 fully saturated rings. The molecule has 6 heteroatoms. The molecule has 2 aromatic heterocycles. The summed E-state index contributed by atoms with van der Waals surface area (Å²) in [4.78, 5) is 10.5. The van der Waals surface area contributed by atoms with Crippen LogP contribution >= 0.6 is 43.2 Å². The summed E-state index contributed by atoms with van der Waals surface area (Å²) >= 11 is 8.73. The lowest BCUT2D eigenvalue weighted by Crippen LogP contribution is -2.19. The van der Waals surface area contributed by atoms with E-state index < -0.39 is 0 Å². The van der Waals surface area contributed by atoms with E-state index in [-0.39, 0.29) is 6.04 Å². The van der Waals surface area contributed by atoms with Crippen molar-refractivity contribution < 1.29 is 0 Å². The van der Waals surface area contributed by atoms with Crippen LogP contribution in [0.4, 0.5) is 0 Å². The van der Waals surface area contributed by atoms with Crippen LogP contribution in [0.25, 0.3) is 0 Å². The highest BCUT2D eigenvalue weighted by atomic mass is 79.9. The Labute approximate surface area is 134 Å². The maximum absolute atomic E-state index is 4.72. The van der Waals surface area contributed by atoms with Crippen LogP contribution in [-0.4, -0.2) is 17.0 Å². The summed E-state index contributed by atoms with van der Waals surface area (Å²) in [5, 5.41) is 4.36. The van der Waals surface area contributed by atoms with E-state index >= 15 is 0 Å². The number of nitrogens with zero attached hydrogens (tertiary/aromatic N) is 2. The Balaban J connectivity index is 2.43. The van der Waals surface area contributed by atoms with Gasteiger partial charge in [0.1, 0.15) is 11.0 Å². The van der Waals surface area contributed by atoms with E-state index in [1.807, 2.05) is 19.3 Å². The first kappa shape index (κ1) is 15.1. The van der Waals surface area contributed by atoms with E-state index in [1.165, 1.54) is 10.6 Å². The van der Waals surface area contributed by atoms with Crippen molar-refractivity contribution in [2.75, 3.05) is 7.05 Å². The van der Waals surface area contributed by atoms with Crippen LogP contribution in [0.15, 0.2) is 21.2 Å². The van der Waals surface area contributed by atoms with Gasteiger partial charge in [-0.1, -0.05) is 6.92 Å². The van der Waals surface area contributed by atoms with Gasteiger partial charge in [-0.2, -0.15) is 0 Å². The van der Waals surface area contributed by atoms with E-state index in [1.54, 1.807) is 11.3 Å². The lowest BCUT2D eigenvalue weighted by atomic mass is 10.2. The molecular formula is C13H15Br2N3S. The molecular weight excluding hydrogens is 390 g/mol. The maximum Gasteiger partial charge on any atom is 0.116 e. The van der Waals surface area contributed by atoms with Crippen LogP contribution < -0.4 is 5.32 Å². The van der Waals surface area contributed by atoms with Gasteiger partial charge in [0.05, 0.1) is 11.4 Å². The summed E-state index contributed by atoms with van der Waals surface area (Å²) in [7, 11) is 1.93. The number of rotatable bonds is 4. The van der Waals surface area contributed by atoms with Crippen molar-refractivity contribution in [1.82, 2.24) is 15.3 Å². The van der Waals surface area contributed by atoms with Gasteiger partial charge in [-0.15, -0.1) is 11.3 Å². The number of hydrogen-bond donors (Lipinski definition) is 1. The van der Waals surface area contributed by atoms with Crippen molar-refractivity contribution in [3.8, 4) is 0 Å². The number of aromatic nitrogens is 2. The van der Waals surface area contributed by atoms with E-state index in [2.05, 4.69) is 56.0 Å². The molecule has 19 heavy (non-hydrogen) atoms. The van der Waals surface area contributed by atoms with Gasteiger partial charge in [-0.05, 0) is 58.3 Å². The van der Waals surface area contributed by atoms with Crippen LogP contribution in [0.5, 0.6) is 0 Å². The molecule has 2 aromatic rings. The first-order chi connectivity index (χ1) is 9.06. The Bertz CT molecular complexity index is 583. The second kappa shape index (κ2) is 6.43. The molecule has 2 rings (SSSR count). The normalized spacial score (nSPS) is 12.7. The van der Waals surface area contributed by atoms with Gasteiger partial charge in [0.2, 0.25) is 0 Å². The van der Waals surface area contributed by atoms with Crippen LogP contribution in [0, 0.1) is 6.92 Å². The van der Waals surface area contributed by atoms with Gasteiger partial charge < -0.3 is 5.32 Å². The second-order valence-electron chi connectivity index (χ2n) is 4.15. The molecule has 0 aliphatic heterocycles. The van der Waals surface area contributed by atoms with Crippen LogP contribution in [0.2, 0.25) is 0 Å². The fourth-order valence-corrected chi connectivity index (χ4v) is 4.26. The minimum atomic E-state index is 0.0199. The molecule has 0 radical (unpaired) electrons. The number of aryl methyl sites for hydroxylation is 2. The Hall–Kier alpha value is -0.300. The molecule has 1 unspecified atom stereocenters. The van der Waals surface area contributed by atoms with Gasteiger partial charge in [0.25, 0.3) is 0 Å². The van der Waals surface area contributed by atoms with Crippen molar-refractivity contribution in [2.24, 2.45) is 0 Å². The quantitative estimate of drug-likeness (QED) is 0.827. The van der Waals surface area contributed by atoms with Crippen molar-refractivity contribution in [3.63, 3.8) is 0 Å². The highest BCUT2D eigenvalue weighted by Gasteiger charge is 2.21. The number of thiazole rings is 1. The summed E-state index contributed by atoms with van der Waals surface area (Å²) in [6.45, 7) is 4.25. The van der Waals surface area contributed by atoms with E-state index in [0.29, 0.717) is 0 Å². The fourth-order valence-electron chi connectivity index (χ4n) is 1.92. The number of halogens is 2. The average molecular weight is 405 g/mol. The predicted molar refractivity (Wildman–Crippen MR) is 86.8 cm³/mol. The first-order valence-corrected chi connectivity index (χ1v) is 8.41. The molecule has 2 heterocycles. The minimum Gasteiger partial charge on any atom is -0.306 e. The summed E-state index contributed by atoms with van der Waals surface area (Å²) in [6.07, 6.45) is 2.78. The number of nitrogens with one attached hydrogen (secondary N) is 1. The maximum atomic E-state index is 4.72. The fraction of sp³-hybridized carbons (Fsp3) is 0.385.